The zero-order valence-corrected chi connectivity index (χ0v) is 8.23. The number of hydrogen-bond donors (Lipinski definition) is 1. The van der Waals surface area contributed by atoms with Gasteiger partial charge in [-0.15, -0.1) is 0 Å². The second-order valence-electron chi connectivity index (χ2n) is 3.08. The predicted octanol–water partition coefficient (Wildman–Crippen LogP) is 1.94. The first-order valence-electron chi connectivity index (χ1n) is 4.55. The molecule has 2 rings (SSSR count). The van der Waals surface area contributed by atoms with Crippen LogP contribution in [-0.4, -0.2) is 15.9 Å². The Morgan fingerprint density at radius 2 is 2.07 bits per heavy atom. The Labute approximate surface area is 86.9 Å². The van der Waals surface area contributed by atoms with Gasteiger partial charge in [-0.1, -0.05) is 18.2 Å². The molecule has 0 saturated carbocycles. The number of carbonyl (C=O) groups excluding carboxylic acids is 1. The Balaban J connectivity index is 2.11. The van der Waals surface area contributed by atoms with Crippen molar-refractivity contribution < 1.29 is 9.53 Å². The molecule has 0 bridgehead atoms. The smallest absolute Gasteiger partial charge is 0.344 e. The third kappa shape index (κ3) is 2.22. The molecular weight excluding hydrogens is 192 g/mol. The van der Waals surface area contributed by atoms with Crippen LogP contribution in [0.4, 0.5) is 0 Å². The standard InChI is InChI=1S/C11H10N2O2/c1-8-12-7-10(13-8)15-11(14)9-5-3-2-4-6-9/h2-7H,1H3,(H,12,13). The lowest BCUT2D eigenvalue weighted by atomic mass is 10.2. The highest BCUT2D eigenvalue weighted by Gasteiger charge is 2.08. The van der Waals surface area contributed by atoms with Crippen molar-refractivity contribution in [1.82, 2.24) is 9.97 Å². The van der Waals surface area contributed by atoms with Gasteiger partial charge in [0.1, 0.15) is 5.82 Å². The fourth-order valence-electron chi connectivity index (χ4n) is 1.18. The fraction of sp³-hybridized carbons (Fsp3) is 0.0909. The molecule has 0 unspecified atom stereocenters. The molecule has 1 aromatic heterocycles. The van der Waals surface area contributed by atoms with Gasteiger partial charge in [0.2, 0.25) is 5.88 Å². The maximum absolute atomic E-state index is 11.5. The maximum atomic E-state index is 11.5. The second-order valence-corrected chi connectivity index (χ2v) is 3.08. The Bertz CT molecular complexity index is 462. The number of nitrogens with one attached hydrogen (secondary N) is 1. The normalized spacial score (nSPS) is 9.93. The van der Waals surface area contributed by atoms with Crippen LogP contribution in [-0.2, 0) is 0 Å². The molecule has 2 aromatic rings. The van der Waals surface area contributed by atoms with E-state index in [0.717, 1.165) is 0 Å². The number of aromatic amines is 1. The molecule has 4 nitrogen and oxygen atoms in total. The molecule has 0 fully saturated rings. The lowest BCUT2D eigenvalue weighted by Gasteiger charge is -1.99. The van der Waals surface area contributed by atoms with Gasteiger partial charge < -0.3 is 9.72 Å². The lowest BCUT2D eigenvalue weighted by Crippen LogP contribution is -2.08. The summed E-state index contributed by atoms with van der Waals surface area (Å²) in [4.78, 5) is 18.4. The number of ether oxygens (including phenoxy) is 1. The van der Waals surface area contributed by atoms with Gasteiger partial charge in [-0.2, -0.15) is 4.98 Å². The monoisotopic (exact) mass is 202 g/mol. The number of rotatable bonds is 2. The van der Waals surface area contributed by atoms with E-state index in [2.05, 4.69) is 9.97 Å². The van der Waals surface area contributed by atoms with Gasteiger partial charge in [0, 0.05) is 0 Å². The van der Waals surface area contributed by atoms with Gasteiger partial charge in [0.25, 0.3) is 0 Å². The molecule has 1 heterocycles. The first-order chi connectivity index (χ1) is 7.25. The number of esters is 1. The molecule has 1 N–H and O–H groups in total. The lowest BCUT2D eigenvalue weighted by molar-refractivity contribution is 0.0728. The molecule has 0 aliphatic carbocycles. The third-order valence-electron chi connectivity index (χ3n) is 1.89. The molecule has 0 spiro atoms. The van der Waals surface area contributed by atoms with E-state index in [-0.39, 0.29) is 0 Å². The van der Waals surface area contributed by atoms with Gasteiger partial charge in [-0.05, 0) is 19.1 Å². The van der Waals surface area contributed by atoms with Gasteiger partial charge in [0.05, 0.1) is 11.8 Å². The third-order valence-corrected chi connectivity index (χ3v) is 1.89. The topological polar surface area (TPSA) is 55.0 Å². The average Bonchev–Trinajstić information content (AvgIpc) is 2.65. The highest BCUT2D eigenvalue weighted by molar-refractivity contribution is 5.90. The summed E-state index contributed by atoms with van der Waals surface area (Å²) in [6.45, 7) is 1.79. The molecule has 0 aliphatic rings. The average molecular weight is 202 g/mol. The molecule has 1 aromatic carbocycles. The van der Waals surface area contributed by atoms with Crippen LogP contribution in [0, 0.1) is 6.92 Å². The van der Waals surface area contributed by atoms with E-state index in [4.69, 9.17) is 4.74 Å². The molecule has 0 amide bonds. The number of nitrogens with zero attached hydrogens (tertiary/aromatic N) is 1. The number of aromatic nitrogens is 2. The second kappa shape index (κ2) is 3.96. The van der Waals surface area contributed by atoms with Crippen LogP contribution in [0.1, 0.15) is 16.2 Å². The molecular formula is C11H10N2O2. The van der Waals surface area contributed by atoms with E-state index in [0.29, 0.717) is 17.3 Å². The van der Waals surface area contributed by atoms with Crippen LogP contribution in [0.15, 0.2) is 36.5 Å². The largest absolute Gasteiger partial charge is 0.402 e. The number of imidazole rings is 1. The van der Waals surface area contributed by atoms with Crippen molar-refractivity contribution in [2.24, 2.45) is 0 Å². The van der Waals surface area contributed by atoms with E-state index < -0.39 is 5.97 Å². The molecule has 15 heavy (non-hydrogen) atoms. The molecule has 4 heteroatoms. The van der Waals surface area contributed by atoms with Crippen molar-refractivity contribution in [2.75, 3.05) is 0 Å². The number of benzene rings is 1. The number of aryl methyl sites for hydroxylation is 1. The van der Waals surface area contributed by atoms with E-state index in [1.807, 2.05) is 6.07 Å². The summed E-state index contributed by atoms with van der Waals surface area (Å²) in [7, 11) is 0. The SMILES string of the molecule is Cc1nc(OC(=O)c2ccccc2)c[nH]1. The predicted molar refractivity (Wildman–Crippen MR) is 54.7 cm³/mol. The van der Waals surface area contributed by atoms with Crippen LogP contribution in [0.2, 0.25) is 0 Å². The summed E-state index contributed by atoms with van der Waals surface area (Å²) in [6.07, 6.45) is 1.55. The summed E-state index contributed by atoms with van der Waals surface area (Å²) >= 11 is 0. The van der Waals surface area contributed by atoms with Crippen LogP contribution in [0.3, 0.4) is 0 Å². The van der Waals surface area contributed by atoms with Crippen LogP contribution in [0.25, 0.3) is 0 Å². The van der Waals surface area contributed by atoms with Crippen molar-refractivity contribution >= 4 is 5.97 Å². The first kappa shape index (κ1) is 9.45. The number of carbonyl (C=O) groups is 1. The molecule has 0 radical (unpaired) electrons. The Hall–Kier alpha value is -2.10. The number of H-pyrrole nitrogens is 1. The van der Waals surface area contributed by atoms with Crippen LogP contribution in [0.5, 0.6) is 5.88 Å². The van der Waals surface area contributed by atoms with Crippen molar-refractivity contribution in [3.05, 3.63) is 47.9 Å². The highest BCUT2D eigenvalue weighted by atomic mass is 16.5. The van der Waals surface area contributed by atoms with Gasteiger partial charge in [0.15, 0.2) is 0 Å². The molecule has 0 saturated heterocycles. The number of hydrogen-bond acceptors (Lipinski definition) is 3. The highest BCUT2D eigenvalue weighted by Crippen LogP contribution is 2.09. The summed E-state index contributed by atoms with van der Waals surface area (Å²) in [5.74, 6) is 0.606. The first-order valence-corrected chi connectivity index (χ1v) is 4.55. The fourth-order valence-corrected chi connectivity index (χ4v) is 1.18. The Morgan fingerprint density at radius 3 is 2.67 bits per heavy atom. The zero-order valence-electron chi connectivity index (χ0n) is 8.23. The summed E-state index contributed by atoms with van der Waals surface area (Å²) in [5, 5.41) is 0. The minimum atomic E-state index is -0.401. The van der Waals surface area contributed by atoms with Crippen molar-refractivity contribution in [3.8, 4) is 5.88 Å². The van der Waals surface area contributed by atoms with Gasteiger partial charge >= 0.3 is 5.97 Å². The Kier molecular flexibility index (Phi) is 2.49. The van der Waals surface area contributed by atoms with E-state index in [9.17, 15) is 4.79 Å². The Morgan fingerprint density at radius 1 is 1.33 bits per heavy atom. The van der Waals surface area contributed by atoms with Crippen molar-refractivity contribution in [2.45, 2.75) is 6.92 Å². The van der Waals surface area contributed by atoms with Crippen molar-refractivity contribution in [3.63, 3.8) is 0 Å². The summed E-state index contributed by atoms with van der Waals surface area (Å²) in [6, 6.07) is 8.80. The quantitative estimate of drug-likeness (QED) is 0.757. The minimum absolute atomic E-state index is 0.293. The van der Waals surface area contributed by atoms with Crippen LogP contribution >= 0.6 is 0 Å². The summed E-state index contributed by atoms with van der Waals surface area (Å²) in [5.41, 5.74) is 0.512. The maximum Gasteiger partial charge on any atom is 0.344 e. The molecule has 76 valence electrons. The van der Waals surface area contributed by atoms with Gasteiger partial charge in [-0.3, -0.25) is 0 Å². The van der Waals surface area contributed by atoms with E-state index >= 15 is 0 Å². The minimum Gasteiger partial charge on any atom is -0.402 e. The molecule has 0 atom stereocenters. The van der Waals surface area contributed by atoms with E-state index in [1.54, 1.807) is 37.4 Å². The van der Waals surface area contributed by atoms with Gasteiger partial charge in [-0.25, -0.2) is 4.79 Å². The van der Waals surface area contributed by atoms with Crippen molar-refractivity contribution in [1.29, 1.82) is 0 Å². The van der Waals surface area contributed by atoms with E-state index in [1.165, 1.54) is 0 Å². The zero-order chi connectivity index (χ0) is 10.7. The molecule has 0 aliphatic heterocycles. The summed E-state index contributed by atoms with van der Waals surface area (Å²) < 4.78 is 5.04. The van der Waals surface area contributed by atoms with Crippen LogP contribution < -0.4 is 4.74 Å².